The zero-order chi connectivity index (χ0) is 55.9. The smallest absolute Gasteiger partial charge is 0.0967 e. The van der Waals surface area contributed by atoms with Crippen molar-refractivity contribution in [3.05, 3.63) is 286 Å². The minimum absolute atomic E-state index is 0.230. The van der Waals surface area contributed by atoms with Gasteiger partial charge >= 0.3 is 0 Å². The highest BCUT2D eigenvalue weighted by Gasteiger charge is 2.42. The van der Waals surface area contributed by atoms with Gasteiger partial charge in [0.15, 0.2) is 0 Å². The Morgan fingerprint density at radius 2 is 1.23 bits per heavy atom. The first-order valence-electron chi connectivity index (χ1n) is 29.6. The van der Waals surface area contributed by atoms with Gasteiger partial charge in [-0.25, -0.2) is 0 Å². The van der Waals surface area contributed by atoms with Gasteiger partial charge in [-0.2, -0.15) is 0 Å². The second-order valence-electron chi connectivity index (χ2n) is 23.5. The molecule has 8 aromatic carbocycles. The summed E-state index contributed by atoms with van der Waals surface area (Å²) in [6, 6.07) is 74.3. The summed E-state index contributed by atoms with van der Waals surface area (Å²) in [4.78, 5) is 8.02. The number of thiophene rings is 1. The van der Waals surface area contributed by atoms with Crippen LogP contribution in [-0.2, 0) is 4.74 Å². The molecule has 4 heteroatoms. The van der Waals surface area contributed by atoms with Gasteiger partial charge in [0.05, 0.1) is 18.6 Å². The van der Waals surface area contributed by atoms with Crippen LogP contribution in [0.3, 0.4) is 0 Å². The summed E-state index contributed by atoms with van der Waals surface area (Å²) in [5.41, 5.74) is 21.7. The lowest BCUT2D eigenvalue weighted by Gasteiger charge is -2.49. The van der Waals surface area contributed by atoms with E-state index in [0.29, 0.717) is 11.8 Å². The summed E-state index contributed by atoms with van der Waals surface area (Å²) in [5, 5.41) is 2.57. The predicted molar refractivity (Wildman–Crippen MR) is 350 cm³/mol. The molecule has 4 aliphatic rings. The van der Waals surface area contributed by atoms with E-state index in [1.807, 2.05) is 11.3 Å². The van der Waals surface area contributed by atoms with E-state index in [4.69, 9.17) is 4.74 Å². The molecule has 0 saturated heterocycles. The molecule has 0 fully saturated rings. The quantitative estimate of drug-likeness (QED) is 0.114. The first-order valence-corrected chi connectivity index (χ1v) is 30.4. The molecule has 3 nitrogen and oxygen atoms in total. The standard InChI is InChI=1S/C78H72N2OS/c1-52-37-42-73(71-36-20-19-35-69(52)71)79(64-33-21-31-60(48-64)56-23-11-7-12-24-56)65-40-41-70(53(2)45-65)77-75(59-29-17-10-18-30-59)74(58-27-15-9-16-28-58)76(82-77)63-43-44-78(5,55(4)47-63)80(66-34-22-32-61(49-66)57-25-13-8-14-26-57)67-39-38-62-50-68(81-6)46-54(3)72(62)51-67/h7-30,32-43,48-51,53-55,60H,31,44-47H2,1-6H3. The van der Waals surface area contributed by atoms with Crippen molar-refractivity contribution in [1.82, 2.24) is 0 Å². The number of benzene rings is 8. The molecule has 82 heavy (non-hydrogen) atoms. The minimum Gasteiger partial charge on any atom is -0.501 e. The molecule has 0 aliphatic heterocycles. The molecule has 0 bridgehead atoms. The molecular weight excluding hydrogens is 1010 g/mol. The van der Waals surface area contributed by atoms with E-state index in [1.54, 1.807) is 7.11 Å². The topological polar surface area (TPSA) is 15.7 Å². The van der Waals surface area contributed by atoms with Gasteiger partial charge in [0.1, 0.15) is 0 Å². The Hall–Kier alpha value is -8.44. The fourth-order valence-electron chi connectivity index (χ4n) is 13.7. The van der Waals surface area contributed by atoms with Crippen molar-refractivity contribution in [3.8, 4) is 33.4 Å². The van der Waals surface area contributed by atoms with Crippen LogP contribution in [0.1, 0.15) is 104 Å². The van der Waals surface area contributed by atoms with Crippen LogP contribution in [-0.4, -0.2) is 12.6 Å². The van der Waals surface area contributed by atoms with Gasteiger partial charge in [0, 0.05) is 66.9 Å². The molecule has 406 valence electrons. The van der Waals surface area contributed by atoms with E-state index in [0.717, 1.165) is 37.9 Å². The lowest BCUT2D eigenvalue weighted by molar-refractivity contribution is 0.274. The summed E-state index contributed by atoms with van der Waals surface area (Å²) in [5.74, 6) is 2.19. The summed E-state index contributed by atoms with van der Waals surface area (Å²) >= 11 is 2.02. The fourth-order valence-corrected chi connectivity index (χ4v) is 15.2. The number of allylic oxidation sites excluding steroid dienone is 9. The number of anilines is 3. The van der Waals surface area contributed by atoms with Gasteiger partial charge in [-0.15, -0.1) is 11.3 Å². The number of nitrogens with zero attached hydrogens (tertiary/aromatic N) is 2. The summed E-state index contributed by atoms with van der Waals surface area (Å²) < 4.78 is 5.81. The summed E-state index contributed by atoms with van der Waals surface area (Å²) in [6.45, 7) is 12.1. The highest BCUT2D eigenvalue weighted by Crippen LogP contribution is 2.55. The van der Waals surface area contributed by atoms with Gasteiger partial charge in [0.2, 0.25) is 0 Å². The van der Waals surface area contributed by atoms with Crippen molar-refractivity contribution in [2.75, 3.05) is 16.9 Å². The van der Waals surface area contributed by atoms with Crippen LogP contribution in [0.15, 0.2) is 254 Å². The summed E-state index contributed by atoms with van der Waals surface area (Å²) in [6.07, 6.45) is 21.6. The predicted octanol–water partition coefficient (Wildman–Crippen LogP) is 21.6. The van der Waals surface area contributed by atoms with Gasteiger partial charge in [-0.05, 0) is 167 Å². The van der Waals surface area contributed by atoms with Crippen LogP contribution in [0, 0.1) is 18.8 Å². The van der Waals surface area contributed by atoms with E-state index in [-0.39, 0.29) is 17.4 Å². The third-order valence-corrected chi connectivity index (χ3v) is 19.6. The SMILES string of the molecule is COC1=Cc2ccc(N(c3cccc(-c4ccccc4)c3)C3(C)CC=C(c4sc(C5=CC=C(N(C6=CC(c7ccccc7)CC=C6)c6ccc(C)c7ccccc67)CC5C)c(-c5ccccc5)c4-c4ccccc4)CC3C)cc2C(C)C1. The number of methoxy groups -OCH3 is 1. The van der Waals surface area contributed by atoms with E-state index in [1.165, 1.54) is 116 Å². The Bertz CT molecular complexity index is 4030. The van der Waals surface area contributed by atoms with Crippen molar-refractivity contribution in [1.29, 1.82) is 0 Å². The highest BCUT2D eigenvalue weighted by atomic mass is 32.1. The van der Waals surface area contributed by atoms with Gasteiger partial charge in [0.25, 0.3) is 0 Å². The molecule has 0 saturated carbocycles. The monoisotopic (exact) mass is 1080 g/mol. The molecule has 0 spiro atoms. The second kappa shape index (κ2) is 22.5. The zero-order valence-electron chi connectivity index (χ0n) is 48.1. The maximum absolute atomic E-state index is 5.81. The van der Waals surface area contributed by atoms with Crippen molar-refractivity contribution in [2.45, 2.75) is 84.1 Å². The van der Waals surface area contributed by atoms with Crippen LogP contribution < -0.4 is 9.80 Å². The Labute approximate surface area is 490 Å². The van der Waals surface area contributed by atoms with Crippen LogP contribution in [0.5, 0.6) is 0 Å². The molecular formula is C78H72N2OS. The van der Waals surface area contributed by atoms with Gasteiger partial charge in [-0.3, -0.25) is 0 Å². The zero-order valence-corrected chi connectivity index (χ0v) is 49.0. The van der Waals surface area contributed by atoms with E-state index < -0.39 is 0 Å². The van der Waals surface area contributed by atoms with E-state index >= 15 is 0 Å². The lowest BCUT2D eigenvalue weighted by Crippen LogP contribution is -2.50. The molecule has 13 rings (SSSR count). The number of ether oxygens (including phenoxy) is 1. The van der Waals surface area contributed by atoms with Crippen LogP contribution in [0.2, 0.25) is 0 Å². The van der Waals surface area contributed by atoms with Crippen molar-refractivity contribution in [3.63, 3.8) is 0 Å². The second-order valence-corrected chi connectivity index (χ2v) is 24.6. The van der Waals surface area contributed by atoms with Crippen molar-refractivity contribution in [2.24, 2.45) is 11.8 Å². The molecule has 1 aromatic heterocycles. The lowest BCUT2D eigenvalue weighted by atomic mass is 9.72. The number of hydrogen-bond donors (Lipinski definition) is 0. The Kier molecular flexibility index (Phi) is 14.5. The van der Waals surface area contributed by atoms with Crippen LogP contribution in [0.4, 0.5) is 17.1 Å². The number of hydrogen-bond acceptors (Lipinski definition) is 4. The maximum atomic E-state index is 5.81. The molecule has 0 amide bonds. The Morgan fingerprint density at radius 3 is 1.93 bits per heavy atom. The van der Waals surface area contributed by atoms with Crippen LogP contribution >= 0.6 is 11.3 Å². The molecule has 0 radical (unpaired) electrons. The molecule has 5 unspecified atom stereocenters. The highest BCUT2D eigenvalue weighted by molar-refractivity contribution is 7.15. The first kappa shape index (κ1) is 52.9. The third-order valence-electron chi connectivity index (χ3n) is 18.3. The fraction of sp³-hybridized carbons (Fsp3) is 0.205. The number of aryl methyl sites for hydroxylation is 1. The van der Waals surface area contributed by atoms with Gasteiger partial charge < -0.3 is 14.5 Å². The van der Waals surface area contributed by atoms with Crippen LogP contribution in [0.25, 0.3) is 61.4 Å². The van der Waals surface area contributed by atoms with Gasteiger partial charge in [-0.1, -0.05) is 215 Å². The number of rotatable bonds is 13. The average molecular weight is 1090 g/mol. The Balaban J connectivity index is 0.947. The molecule has 0 N–H and O–H groups in total. The van der Waals surface area contributed by atoms with E-state index in [2.05, 4.69) is 287 Å². The third kappa shape index (κ3) is 9.92. The average Bonchev–Trinajstić information content (AvgIpc) is 4.01. The van der Waals surface area contributed by atoms with E-state index in [9.17, 15) is 0 Å². The minimum atomic E-state index is -0.256. The largest absolute Gasteiger partial charge is 0.501 e. The normalized spacial score (nSPS) is 20.4. The molecule has 5 atom stereocenters. The number of fused-ring (bicyclic) bond motifs is 2. The maximum Gasteiger partial charge on any atom is 0.0967 e. The Morgan fingerprint density at radius 1 is 0.585 bits per heavy atom. The molecule has 9 aromatic rings. The summed E-state index contributed by atoms with van der Waals surface area (Å²) in [7, 11) is 1.80. The van der Waals surface area contributed by atoms with Crippen molar-refractivity contribution < 1.29 is 4.74 Å². The molecule has 4 aliphatic carbocycles. The van der Waals surface area contributed by atoms with Crippen molar-refractivity contribution >= 4 is 56.4 Å². The first-order chi connectivity index (χ1) is 40.1. The molecule has 1 heterocycles.